The highest BCUT2D eigenvalue weighted by atomic mass is 32.2. The number of nitrogens with one attached hydrogen (secondary N) is 1. The summed E-state index contributed by atoms with van der Waals surface area (Å²) in [7, 11) is 0. The van der Waals surface area contributed by atoms with E-state index in [4.69, 9.17) is 0 Å². The van der Waals surface area contributed by atoms with Crippen molar-refractivity contribution in [2.75, 3.05) is 0 Å². The first-order valence-corrected chi connectivity index (χ1v) is 4.48. The molecule has 0 saturated heterocycles. The Hall–Kier alpha value is -1.49. The summed E-state index contributed by atoms with van der Waals surface area (Å²) in [6.45, 7) is 0. The molecule has 1 N–H and O–H groups in total. The van der Waals surface area contributed by atoms with Crippen LogP contribution < -0.4 is 5.69 Å². The maximum absolute atomic E-state index is 11.1. The normalized spacial score (nSPS) is 10.2. The highest BCUT2D eigenvalue weighted by molar-refractivity contribution is 7.97. The number of hydrogen-bond donors (Lipinski definition) is 1. The van der Waals surface area contributed by atoms with Crippen LogP contribution in [0, 0.1) is 0 Å². The van der Waals surface area contributed by atoms with Gasteiger partial charge in [-0.2, -0.15) is 0 Å². The fraction of sp³-hybridized carbons (Fsp3) is 0. The smallest absolute Gasteiger partial charge is 0.312 e. The van der Waals surface area contributed by atoms with E-state index in [-0.39, 0.29) is 5.69 Å². The van der Waals surface area contributed by atoms with Gasteiger partial charge in [0, 0.05) is 29.7 Å². The monoisotopic (exact) mass is 193 g/mol. The average Bonchev–Trinajstić information content (AvgIpc) is 2.54. The first kappa shape index (κ1) is 8.12. The summed E-state index contributed by atoms with van der Waals surface area (Å²) in [5.74, 6) is 0. The molecule has 2 heterocycles. The van der Waals surface area contributed by atoms with Crippen molar-refractivity contribution < 1.29 is 0 Å². The molecule has 5 heteroatoms. The Labute approximate surface area is 78.8 Å². The van der Waals surface area contributed by atoms with Crippen molar-refractivity contribution in [3.05, 3.63) is 47.4 Å². The minimum absolute atomic E-state index is 0.123. The predicted octanol–water partition coefficient (Wildman–Crippen LogP) is 1.13. The van der Waals surface area contributed by atoms with E-state index in [2.05, 4.69) is 9.97 Å². The van der Waals surface area contributed by atoms with Gasteiger partial charge < -0.3 is 4.98 Å². The highest BCUT2D eigenvalue weighted by Crippen LogP contribution is 2.15. The van der Waals surface area contributed by atoms with E-state index >= 15 is 0 Å². The van der Waals surface area contributed by atoms with Gasteiger partial charge in [-0.3, -0.25) is 4.98 Å². The molecule has 2 rings (SSSR count). The summed E-state index contributed by atoms with van der Waals surface area (Å²) in [5.41, 5.74) is -0.123. The van der Waals surface area contributed by atoms with E-state index in [1.165, 1.54) is 15.9 Å². The van der Waals surface area contributed by atoms with Crippen LogP contribution in [0.3, 0.4) is 0 Å². The first-order chi connectivity index (χ1) is 6.36. The molecule has 0 spiro atoms. The number of pyridine rings is 1. The zero-order valence-corrected chi connectivity index (χ0v) is 7.49. The lowest BCUT2D eigenvalue weighted by atomic mass is 10.5. The van der Waals surface area contributed by atoms with Crippen LogP contribution in [0.25, 0.3) is 0 Å². The van der Waals surface area contributed by atoms with E-state index in [9.17, 15) is 4.79 Å². The standard InChI is InChI=1S/C8H7N3OS/c12-8-10-5-6-11(8)13-7-1-3-9-4-2-7/h1-6H,(H,10,12). The van der Waals surface area contributed by atoms with Crippen LogP contribution in [0.15, 0.2) is 46.6 Å². The van der Waals surface area contributed by atoms with E-state index in [0.29, 0.717) is 0 Å². The summed E-state index contributed by atoms with van der Waals surface area (Å²) in [5, 5.41) is 0. The molecule has 4 nitrogen and oxygen atoms in total. The molecule has 0 aliphatic carbocycles. The van der Waals surface area contributed by atoms with Gasteiger partial charge in [-0.05, 0) is 24.1 Å². The molecular weight excluding hydrogens is 186 g/mol. The Balaban J connectivity index is 2.25. The third-order valence-corrected chi connectivity index (χ3v) is 2.44. The molecule has 2 aromatic rings. The van der Waals surface area contributed by atoms with Crippen molar-refractivity contribution >= 4 is 11.9 Å². The maximum Gasteiger partial charge on any atom is 0.335 e. The molecule has 0 atom stereocenters. The quantitative estimate of drug-likeness (QED) is 0.777. The summed E-state index contributed by atoms with van der Waals surface area (Å²) in [6, 6.07) is 3.70. The lowest BCUT2D eigenvalue weighted by molar-refractivity contribution is 1.12. The second kappa shape index (κ2) is 3.49. The molecule has 0 saturated carbocycles. The van der Waals surface area contributed by atoms with Gasteiger partial charge in [0.2, 0.25) is 0 Å². The average molecular weight is 193 g/mol. The van der Waals surface area contributed by atoms with Crippen molar-refractivity contribution in [2.45, 2.75) is 4.90 Å². The van der Waals surface area contributed by atoms with Gasteiger partial charge in [-0.1, -0.05) is 0 Å². The first-order valence-electron chi connectivity index (χ1n) is 3.71. The van der Waals surface area contributed by atoms with Crippen LogP contribution in [-0.2, 0) is 0 Å². The molecule has 0 radical (unpaired) electrons. The fourth-order valence-corrected chi connectivity index (χ4v) is 1.62. The van der Waals surface area contributed by atoms with Crippen LogP contribution in [0.1, 0.15) is 0 Å². The summed E-state index contributed by atoms with van der Waals surface area (Å²) in [6.07, 6.45) is 6.68. The Morgan fingerprint density at radius 2 is 2.15 bits per heavy atom. The topological polar surface area (TPSA) is 50.7 Å². The maximum atomic E-state index is 11.1. The van der Waals surface area contributed by atoms with E-state index in [1.54, 1.807) is 24.8 Å². The van der Waals surface area contributed by atoms with Crippen molar-refractivity contribution in [1.29, 1.82) is 0 Å². The van der Waals surface area contributed by atoms with Crippen molar-refractivity contribution in [3.8, 4) is 0 Å². The number of imidazole rings is 1. The number of aromatic amines is 1. The minimum Gasteiger partial charge on any atom is -0.312 e. The van der Waals surface area contributed by atoms with Crippen LogP contribution in [0.4, 0.5) is 0 Å². The Morgan fingerprint density at radius 3 is 2.77 bits per heavy atom. The van der Waals surface area contributed by atoms with Crippen molar-refractivity contribution in [3.63, 3.8) is 0 Å². The third-order valence-electron chi connectivity index (χ3n) is 1.47. The second-order valence-electron chi connectivity index (χ2n) is 2.37. The van der Waals surface area contributed by atoms with E-state index in [1.807, 2.05) is 12.1 Å². The molecule has 0 aliphatic heterocycles. The largest absolute Gasteiger partial charge is 0.335 e. The van der Waals surface area contributed by atoms with E-state index in [0.717, 1.165) is 4.90 Å². The lowest BCUT2D eigenvalue weighted by Gasteiger charge is -1.97. The summed E-state index contributed by atoms with van der Waals surface area (Å²) < 4.78 is 1.52. The molecule has 2 aromatic heterocycles. The van der Waals surface area contributed by atoms with Gasteiger partial charge in [-0.25, -0.2) is 8.77 Å². The van der Waals surface area contributed by atoms with Gasteiger partial charge in [0.05, 0.1) is 0 Å². The molecule has 0 unspecified atom stereocenters. The number of hydrogen-bond acceptors (Lipinski definition) is 3. The minimum atomic E-state index is -0.123. The molecule has 0 fully saturated rings. The zero-order chi connectivity index (χ0) is 9.10. The Kier molecular flexibility index (Phi) is 2.18. The predicted molar refractivity (Wildman–Crippen MR) is 50.5 cm³/mol. The Bertz CT molecular complexity index is 434. The molecule has 0 aliphatic rings. The second-order valence-corrected chi connectivity index (χ2v) is 3.41. The molecule has 13 heavy (non-hydrogen) atoms. The van der Waals surface area contributed by atoms with Crippen LogP contribution in [-0.4, -0.2) is 13.9 Å². The van der Waals surface area contributed by atoms with Gasteiger partial charge >= 0.3 is 5.69 Å². The summed E-state index contributed by atoms with van der Waals surface area (Å²) in [4.78, 5) is 18.5. The molecule has 0 aromatic carbocycles. The van der Waals surface area contributed by atoms with Crippen LogP contribution in [0.2, 0.25) is 0 Å². The molecule has 0 bridgehead atoms. The third kappa shape index (κ3) is 1.81. The van der Waals surface area contributed by atoms with Crippen molar-refractivity contribution in [1.82, 2.24) is 13.9 Å². The number of H-pyrrole nitrogens is 1. The SMILES string of the molecule is O=c1[nH]ccn1Sc1ccncc1. The molecular formula is C8H7N3OS. The zero-order valence-electron chi connectivity index (χ0n) is 6.68. The fourth-order valence-electron chi connectivity index (χ4n) is 0.892. The lowest BCUT2D eigenvalue weighted by Crippen LogP contribution is -2.09. The van der Waals surface area contributed by atoms with Crippen molar-refractivity contribution in [2.24, 2.45) is 0 Å². The number of aromatic nitrogens is 3. The van der Waals surface area contributed by atoms with Crippen LogP contribution in [0.5, 0.6) is 0 Å². The van der Waals surface area contributed by atoms with Crippen LogP contribution >= 0.6 is 11.9 Å². The molecule has 0 amide bonds. The summed E-state index contributed by atoms with van der Waals surface area (Å²) >= 11 is 1.35. The number of nitrogens with zero attached hydrogens (tertiary/aromatic N) is 2. The van der Waals surface area contributed by atoms with Gasteiger partial charge in [0.15, 0.2) is 0 Å². The van der Waals surface area contributed by atoms with E-state index < -0.39 is 0 Å². The molecule has 66 valence electrons. The Morgan fingerprint density at radius 1 is 1.38 bits per heavy atom. The van der Waals surface area contributed by atoms with Gasteiger partial charge in [0.25, 0.3) is 0 Å². The van der Waals surface area contributed by atoms with Gasteiger partial charge in [0.1, 0.15) is 0 Å². The van der Waals surface area contributed by atoms with Gasteiger partial charge in [-0.15, -0.1) is 0 Å². The number of rotatable bonds is 2. The highest BCUT2D eigenvalue weighted by Gasteiger charge is 1.97.